The summed E-state index contributed by atoms with van der Waals surface area (Å²) in [5.41, 5.74) is 0. The second-order valence-electron chi connectivity index (χ2n) is 3.44. The summed E-state index contributed by atoms with van der Waals surface area (Å²) in [6.45, 7) is 2.34. The second-order valence-corrected chi connectivity index (χ2v) is 3.44. The maximum absolute atomic E-state index is 12.7. The summed E-state index contributed by atoms with van der Waals surface area (Å²) < 4.78 is 12.7. The number of amides is 1. The minimum Gasteiger partial charge on any atom is -0.359 e. The van der Waals surface area contributed by atoms with Crippen molar-refractivity contribution in [3.63, 3.8) is 0 Å². The Bertz CT molecular complexity index is 167. The van der Waals surface area contributed by atoms with E-state index in [2.05, 4.69) is 10.2 Å². The zero-order valence-corrected chi connectivity index (χ0v) is 8.05. The Hall–Kier alpha value is -0.640. The highest BCUT2D eigenvalue weighted by atomic mass is 19.1. The average Bonchev–Trinajstić information content (AvgIpc) is 2.16. The summed E-state index contributed by atoms with van der Waals surface area (Å²) in [6, 6.07) is 0. The van der Waals surface area contributed by atoms with E-state index >= 15 is 0 Å². The predicted molar refractivity (Wildman–Crippen MR) is 49.3 cm³/mol. The number of rotatable bonds is 3. The number of likely N-dealkylation sites (tertiary alicyclic amines) is 1. The number of nitrogens with one attached hydrogen (secondary N) is 1. The van der Waals surface area contributed by atoms with Gasteiger partial charge in [0.15, 0.2) is 0 Å². The summed E-state index contributed by atoms with van der Waals surface area (Å²) in [4.78, 5) is 13.1. The highest BCUT2D eigenvalue weighted by Crippen LogP contribution is 2.12. The Morgan fingerprint density at radius 3 is 2.69 bits per heavy atom. The van der Waals surface area contributed by atoms with Crippen LogP contribution in [0.2, 0.25) is 0 Å². The molecule has 0 aromatic heterocycles. The van der Waals surface area contributed by atoms with Crippen molar-refractivity contribution >= 4 is 5.91 Å². The van der Waals surface area contributed by atoms with E-state index in [1.807, 2.05) is 0 Å². The van der Waals surface area contributed by atoms with Crippen molar-refractivity contribution in [2.75, 3.05) is 26.7 Å². The van der Waals surface area contributed by atoms with E-state index in [-0.39, 0.29) is 5.91 Å². The Morgan fingerprint density at radius 1 is 1.54 bits per heavy atom. The molecule has 4 heteroatoms. The molecule has 13 heavy (non-hydrogen) atoms. The van der Waals surface area contributed by atoms with Gasteiger partial charge < -0.3 is 10.2 Å². The van der Waals surface area contributed by atoms with E-state index in [0.717, 1.165) is 19.6 Å². The molecule has 1 rings (SSSR count). The SMILES string of the molecule is CNC(=O)CCN1CCC(F)CC1. The van der Waals surface area contributed by atoms with Gasteiger partial charge in [0.1, 0.15) is 6.17 Å². The first-order valence-corrected chi connectivity index (χ1v) is 4.79. The van der Waals surface area contributed by atoms with Crippen molar-refractivity contribution in [2.24, 2.45) is 0 Å². The summed E-state index contributed by atoms with van der Waals surface area (Å²) >= 11 is 0. The molecule has 0 aromatic rings. The lowest BCUT2D eigenvalue weighted by molar-refractivity contribution is -0.121. The number of hydrogen-bond acceptors (Lipinski definition) is 2. The Labute approximate surface area is 78.3 Å². The number of carbonyl (C=O) groups is 1. The fraction of sp³-hybridized carbons (Fsp3) is 0.889. The Morgan fingerprint density at radius 2 is 2.15 bits per heavy atom. The van der Waals surface area contributed by atoms with Crippen molar-refractivity contribution < 1.29 is 9.18 Å². The van der Waals surface area contributed by atoms with Gasteiger partial charge in [-0.3, -0.25) is 4.79 Å². The molecule has 3 nitrogen and oxygen atoms in total. The number of piperidine rings is 1. The van der Waals surface area contributed by atoms with Crippen molar-refractivity contribution in [3.8, 4) is 0 Å². The topological polar surface area (TPSA) is 32.3 Å². The molecular formula is C9H17FN2O. The van der Waals surface area contributed by atoms with Crippen molar-refractivity contribution in [2.45, 2.75) is 25.4 Å². The lowest BCUT2D eigenvalue weighted by atomic mass is 10.1. The minimum atomic E-state index is -0.628. The van der Waals surface area contributed by atoms with Gasteiger partial charge in [0, 0.05) is 33.1 Å². The Kier molecular flexibility index (Phi) is 4.15. The molecular weight excluding hydrogens is 171 g/mol. The van der Waals surface area contributed by atoms with Gasteiger partial charge in [-0.25, -0.2) is 4.39 Å². The maximum atomic E-state index is 12.7. The monoisotopic (exact) mass is 188 g/mol. The first-order valence-electron chi connectivity index (χ1n) is 4.79. The molecule has 0 aliphatic carbocycles. The zero-order valence-electron chi connectivity index (χ0n) is 8.05. The van der Waals surface area contributed by atoms with Crippen LogP contribution in [-0.2, 0) is 4.79 Å². The van der Waals surface area contributed by atoms with Crippen LogP contribution >= 0.6 is 0 Å². The highest BCUT2D eigenvalue weighted by molar-refractivity contribution is 5.75. The van der Waals surface area contributed by atoms with Crippen LogP contribution in [0.1, 0.15) is 19.3 Å². The minimum absolute atomic E-state index is 0.0578. The summed E-state index contributed by atoms with van der Waals surface area (Å²) in [7, 11) is 1.64. The first kappa shape index (κ1) is 10.4. The number of nitrogens with zero attached hydrogens (tertiary/aromatic N) is 1. The van der Waals surface area contributed by atoms with Crippen LogP contribution in [0.15, 0.2) is 0 Å². The second kappa shape index (κ2) is 5.17. The van der Waals surface area contributed by atoms with Crippen molar-refractivity contribution in [1.82, 2.24) is 10.2 Å². The van der Waals surface area contributed by atoms with E-state index < -0.39 is 6.17 Å². The van der Waals surface area contributed by atoms with Gasteiger partial charge in [-0.15, -0.1) is 0 Å². The summed E-state index contributed by atoms with van der Waals surface area (Å²) in [6.07, 6.45) is 1.13. The molecule has 1 amide bonds. The predicted octanol–water partition coefficient (Wildman–Crippen LogP) is 0.556. The van der Waals surface area contributed by atoms with Crippen molar-refractivity contribution in [1.29, 1.82) is 0 Å². The van der Waals surface area contributed by atoms with Crippen LogP contribution in [0.3, 0.4) is 0 Å². The lowest BCUT2D eigenvalue weighted by Gasteiger charge is -2.27. The van der Waals surface area contributed by atoms with Crippen LogP contribution in [0.25, 0.3) is 0 Å². The van der Waals surface area contributed by atoms with Crippen LogP contribution in [0, 0.1) is 0 Å². The third kappa shape index (κ3) is 3.72. The molecule has 0 radical (unpaired) electrons. The molecule has 0 unspecified atom stereocenters. The molecule has 0 saturated carbocycles. The smallest absolute Gasteiger partial charge is 0.221 e. The van der Waals surface area contributed by atoms with E-state index in [1.54, 1.807) is 7.05 Å². The van der Waals surface area contributed by atoms with E-state index in [9.17, 15) is 9.18 Å². The number of alkyl halides is 1. The molecule has 1 aliphatic rings. The van der Waals surface area contributed by atoms with Crippen LogP contribution in [0.4, 0.5) is 4.39 Å². The molecule has 1 aliphatic heterocycles. The van der Waals surface area contributed by atoms with Gasteiger partial charge in [-0.05, 0) is 12.8 Å². The molecule has 1 saturated heterocycles. The third-order valence-corrected chi connectivity index (χ3v) is 2.45. The summed E-state index contributed by atoms with van der Waals surface area (Å²) in [5, 5.41) is 2.57. The van der Waals surface area contributed by atoms with Gasteiger partial charge in [0.05, 0.1) is 0 Å². The first-order chi connectivity index (χ1) is 6.22. The van der Waals surface area contributed by atoms with Crippen LogP contribution in [0.5, 0.6) is 0 Å². The van der Waals surface area contributed by atoms with Gasteiger partial charge >= 0.3 is 0 Å². The number of carbonyl (C=O) groups excluding carboxylic acids is 1. The molecule has 0 aromatic carbocycles. The van der Waals surface area contributed by atoms with Crippen LogP contribution < -0.4 is 5.32 Å². The third-order valence-electron chi connectivity index (χ3n) is 2.45. The molecule has 0 atom stereocenters. The molecule has 0 spiro atoms. The van der Waals surface area contributed by atoms with Gasteiger partial charge in [0.25, 0.3) is 0 Å². The van der Waals surface area contributed by atoms with Gasteiger partial charge in [-0.1, -0.05) is 0 Å². The van der Waals surface area contributed by atoms with E-state index in [1.165, 1.54) is 0 Å². The molecule has 1 heterocycles. The number of hydrogen-bond donors (Lipinski definition) is 1. The largest absolute Gasteiger partial charge is 0.359 e. The van der Waals surface area contributed by atoms with E-state index in [0.29, 0.717) is 19.3 Å². The molecule has 76 valence electrons. The summed E-state index contributed by atoms with van der Waals surface area (Å²) in [5.74, 6) is 0.0578. The van der Waals surface area contributed by atoms with Crippen LogP contribution in [-0.4, -0.2) is 43.7 Å². The number of halogens is 1. The fourth-order valence-corrected chi connectivity index (χ4v) is 1.51. The zero-order chi connectivity index (χ0) is 9.68. The standard InChI is InChI=1S/C9H17FN2O/c1-11-9(13)4-7-12-5-2-8(10)3-6-12/h8H,2-7H2,1H3,(H,11,13). The average molecular weight is 188 g/mol. The Balaban J connectivity index is 2.12. The quantitative estimate of drug-likeness (QED) is 0.701. The normalized spacial score (nSPS) is 20.2. The van der Waals surface area contributed by atoms with Crippen molar-refractivity contribution in [3.05, 3.63) is 0 Å². The van der Waals surface area contributed by atoms with Gasteiger partial charge in [0.2, 0.25) is 5.91 Å². The molecule has 1 N–H and O–H groups in total. The van der Waals surface area contributed by atoms with Gasteiger partial charge in [-0.2, -0.15) is 0 Å². The fourth-order valence-electron chi connectivity index (χ4n) is 1.51. The molecule has 1 fully saturated rings. The highest BCUT2D eigenvalue weighted by Gasteiger charge is 2.18. The molecule has 0 bridgehead atoms. The lowest BCUT2D eigenvalue weighted by Crippen LogP contribution is -2.36. The van der Waals surface area contributed by atoms with E-state index in [4.69, 9.17) is 0 Å². The maximum Gasteiger partial charge on any atom is 0.221 e.